The fourth-order valence-electron chi connectivity index (χ4n) is 4.49. The second-order valence-electron chi connectivity index (χ2n) is 7.96. The second-order valence-corrected chi connectivity index (χ2v) is 7.96. The molecule has 0 unspecified atom stereocenters. The Morgan fingerprint density at radius 3 is 2.81 bits per heavy atom. The SMILES string of the molecule is N#CCC1CN(CC2CCC(Nc3c(C(N)=O)cnc4[nH]ccc34)CC2)C1. The molecular formula is C20H26N6O. The monoisotopic (exact) mass is 366 g/mol. The molecule has 2 aliphatic rings. The van der Waals surface area contributed by atoms with Gasteiger partial charge in [-0.1, -0.05) is 0 Å². The Hall–Kier alpha value is -2.59. The van der Waals surface area contributed by atoms with Crippen LogP contribution in [0.15, 0.2) is 18.5 Å². The number of rotatable bonds is 6. The predicted molar refractivity (Wildman–Crippen MR) is 104 cm³/mol. The van der Waals surface area contributed by atoms with Gasteiger partial charge in [-0.05, 0) is 43.6 Å². The maximum atomic E-state index is 11.8. The van der Waals surface area contributed by atoms with Crippen molar-refractivity contribution in [2.75, 3.05) is 25.0 Å². The second kappa shape index (κ2) is 7.57. The van der Waals surface area contributed by atoms with Gasteiger partial charge in [-0.25, -0.2) is 4.98 Å². The van der Waals surface area contributed by atoms with E-state index in [-0.39, 0.29) is 0 Å². The van der Waals surface area contributed by atoms with Crippen LogP contribution < -0.4 is 11.1 Å². The molecule has 2 aromatic heterocycles. The summed E-state index contributed by atoms with van der Waals surface area (Å²) in [5.74, 6) is 0.855. The lowest BCUT2D eigenvalue weighted by atomic mass is 9.84. The number of amides is 1. The molecule has 1 saturated heterocycles. The summed E-state index contributed by atoms with van der Waals surface area (Å²) in [5, 5.41) is 13.2. The standard InChI is InChI=1S/C20H26N6O/c21-7-5-14-11-26(12-14)10-13-1-3-15(4-2-13)25-18-16-6-8-23-20(16)24-9-17(18)19(22)27/h6,8-9,13-15H,1-5,10-12H2,(H2,22,27)(H2,23,24,25). The summed E-state index contributed by atoms with van der Waals surface area (Å²) in [7, 11) is 0. The van der Waals surface area contributed by atoms with Gasteiger partial charge in [0.25, 0.3) is 5.91 Å². The molecular weight excluding hydrogens is 340 g/mol. The minimum Gasteiger partial charge on any atom is -0.381 e. The van der Waals surface area contributed by atoms with Crippen LogP contribution in [-0.2, 0) is 0 Å². The third-order valence-electron chi connectivity index (χ3n) is 5.98. The molecule has 3 heterocycles. The average Bonchev–Trinajstić information content (AvgIpc) is 3.10. The van der Waals surface area contributed by atoms with Crippen LogP contribution in [0.1, 0.15) is 42.5 Å². The van der Waals surface area contributed by atoms with Crippen LogP contribution in [0.25, 0.3) is 11.0 Å². The lowest BCUT2D eigenvalue weighted by Gasteiger charge is -2.41. The minimum absolute atomic E-state index is 0.350. The number of anilines is 1. The molecule has 1 saturated carbocycles. The molecule has 0 radical (unpaired) electrons. The molecule has 7 heteroatoms. The molecule has 1 amide bonds. The molecule has 142 valence electrons. The van der Waals surface area contributed by atoms with Crippen molar-refractivity contribution in [1.82, 2.24) is 14.9 Å². The van der Waals surface area contributed by atoms with Crippen molar-refractivity contribution in [2.45, 2.75) is 38.1 Å². The topological polar surface area (TPSA) is 111 Å². The van der Waals surface area contributed by atoms with Gasteiger partial charge in [0.1, 0.15) is 5.65 Å². The quantitative estimate of drug-likeness (QED) is 0.727. The zero-order valence-corrected chi connectivity index (χ0v) is 15.4. The molecule has 0 aromatic carbocycles. The first-order valence-electron chi connectivity index (χ1n) is 9.75. The van der Waals surface area contributed by atoms with Crippen LogP contribution in [0.2, 0.25) is 0 Å². The summed E-state index contributed by atoms with van der Waals surface area (Å²) in [6, 6.07) is 4.56. The van der Waals surface area contributed by atoms with Gasteiger partial charge in [-0.2, -0.15) is 5.26 Å². The van der Waals surface area contributed by atoms with Gasteiger partial charge >= 0.3 is 0 Å². The summed E-state index contributed by atoms with van der Waals surface area (Å²) in [6.45, 7) is 3.31. The van der Waals surface area contributed by atoms with Crippen molar-refractivity contribution in [3.63, 3.8) is 0 Å². The molecule has 0 atom stereocenters. The summed E-state index contributed by atoms with van der Waals surface area (Å²) in [5.41, 5.74) is 7.58. The number of primary amides is 1. The molecule has 0 spiro atoms. The number of pyridine rings is 1. The van der Waals surface area contributed by atoms with E-state index in [1.807, 2.05) is 12.3 Å². The normalized spacial score (nSPS) is 23.7. The Morgan fingerprint density at radius 1 is 1.33 bits per heavy atom. The highest BCUT2D eigenvalue weighted by molar-refractivity contribution is 6.05. The van der Waals surface area contributed by atoms with Crippen LogP contribution in [0.4, 0.5) is 5.69 Å². The van der Waals surface area contributed by atoms with Gasteiger partial charge in [0.2, 0.25) is 0 Å². The number of nitriles is 1. The molecule has 7 nitrogen and oxygen atoms in total. The van der Waals surface area contributed by atoms with Crippen LogP contribution in [0, 0.1) is 23.2 Å². The van der Waals surface area contributed by atoms with E-state index in [9.17, 15) is 4.79 Å². The smallest absolute Gasteiger partial charge is 0.252 e. The Labute approximate surface area is 158 Å². The van der Waals surface area contributed by atoms with E-state index in [0.29, 0.717) is 23.9 Å². The molecule has 1 aliphatic carbocycles. The largest absolute Gasteiger partial charge is 0.381 e. The van der Waals surface area contributed by atoms with Crippen molar-refractivity contribution in [2.24, 2.45) is 17.6 Å². The highest BCUT2D eigenvalue weighted by Gasteiger charge is 2.30. The number of carbonyl (C=O) groups is 1. The van der Waals surface area contributed by atoms with Crippen molar-refractivity contribution in [1.29, 1.82) is 5.26 Å². The number of H-pyrrole nitrogens is 1. The Bertz CT molecular complexity index is 855. The van der Waals surface area contributed by atoms with Crippen molar-refractivity contribution in [3.8, 4) is 6.07 Å². The number of nitrogens with two attached hydrogens (primary N) is 1. The zero-order valence-electron chi connectivity index (χ0n) is 15.4. The lowest BCUT2D eigenvalue weighted by Crippen LogP contribution is -2.49. The number of hydrogen-bond donors (Lipinski definition) is 3. The number of likely N-dealkylation sites (tertiary alicyclic amines) is 1. The van der Waals surface area contributed by atoms with Gasteiger partial charge in [0.15, 0.2) is 0 Å². The van der Waals surface area contributed by atoms with Crippen LogP contribution in [0.5, 0.6) is 0 Å². The fourth-order valence-corrected chi connectivity index (χ4v) is 4.49. The molecule has 2 aromatic rings. The third-order valence-corrected chi connectivity index (χ3v) is 5.98. The number of fused-ring (bicyclic) bond motifs is 1. The highest BCUT2D eigenvalue weighted by atomic mass is 16.1. The van der Waals surface area contributed by atoms with Crippen molar-refractivity contribution >= 4 is 22.6 Å². The van der Waals surface area contributed by atoms with E-state index < -0.39 is 5.91 Å². The maximum absolute atomic E-state index is 11.8. The van der Waals surface area contributed by atoms with E-state index >= 15 is 0 Å². The van der Waals surface area contributed by atoms with Gasteiger partial charge in [0, 0.05) is 49.9 Å². The Kier molecular flexibility index (Phi) is 4.99. The van der Waals surface area contributed by atoms with Gasteiger partial charge in [-0.15, -0.1) is 0 Å². The van der Waals surface area contributed by atoms with E-state index in [4.69, 9.17) is 11.0 Å². The Morgan fingerprint density at radius 2 is 2.11 bits per heavy atom. The van der Waals surface area contributed by atoms with Crippen LogP contribution in [0.3, 0.4) is 0 Å². The van der Waals surface area contributed by atoms with Gasteiger partial charge in [0.05, 0.1) is 17.3 Å². The van der Waals surface area contributed by atoms with E-state index in [2.05, 4.69) is 26.3 Å². The van der Waals surface area contributed by atoms with Crippen molar-refractivity contribution in [3.05, 3.63) is 24.0 Å². The number of hydrogen-bond acceptors (Lipinski definition) is 5. The number of carbonyl (C=O) groups excluding carboxylic acids is 1. The number of aromatic amines is 1. The molecule has 27 heavy (non-hydrogen) atoms. The average molecular weight is 366 g/mol. The number of nitrogens with one attached hydrogen (secondary N) is 2. The van der Waals surface area contributed by atoms with Crippen LogP contribution >= 0.6 is 0 Å². The summed E-state index contributed by atoms with van der Waals surface area (Å²) in [6.07, 6.45) is 8.62. The molecule has 1 aliphatic heterocycles. The van der Waals surface area contributed by atoms with Crippen molar-refractivity contribution < 1.29 is 4.79 Å². The van der Waals surface area contributed by atoms with E-state index in [1.54, 1.807) is 6.20 Å². The number of aromatic nitrogens is 2. The van der Waals surface area contributed by atoms with E-state index in [0.717, 1.165) is 55.1 Å². The minimum atomic E-state index is -0.452. The molecule has 0 bridgehead atoms. The first kappa shape index (κ1) is 17.8. The fraction of sp³-hybridized carbons (Fsp3) is 0.550. The highest BCUT2D eigenvalue weighted by Crippen LogP contribution is 2.32. The Balaban J connectivity index is 1.34. The molecule has 4 rings (SSSR count). The predicted octanol–water partition coefficient (Wildman–Crippen LogP) is 2.48. The summed E-state index contributed by atoms with van der Waals surface area (Å²) >= 11 is 0. The van der Waals surface area contributed by atoms with Gasteiger partial charge in [-0.3, -0.25) is 4.79 Å². The first-order valence-corrected chi connectivity index (χ1v) is 9.75. The van der Waals surface area contributed by atoms with Gasteiger partial charge < -0.3 is 20.9 Å². The van der Waals surface area contributed by atoms with E-state index in [1.165, 1.54) is 12.8 Å². The maximum Gasteiger partial charge on any atom is 0.252 e. The summed E-state index contributed by atoms with van der Waals surface area (Å²) < 4.78 is 0. The summed E-state index contributed by atoms with van der Waals surface area (Å²) in [4.78, 5) is 21.7. The first-order chi connectivity index (χ1) is 13.1. The molecule has 2 fully saturated rings. The number of nitrogens with zero attached hydrogens (tertiary/aromatic N) is 3. The van der Waals surface area contributed by atoms with Crippen LogP contribution in [-0.4, -0.2) is 46.5 Å². The zero-order chi connectivity index (χ0) is 18.8. The third kappa shape index (κ3) is 3.76. The lowest BCUT2D eigenvalue weighted by molar-refractivity contribution is 0.0748. The molecule has 4 N–H and O–H groups in total.